The summed E-state index contributed by atoms with van der Waals surface area (Å²) in [6.07, 6.45) is 4.79. The van der Waals surface area contributed by atoms with Crippen LogP contribution in [0.15, 0.2) is 6.33 Å². The van der Waals surface area contributed by atoms with Gasteiger partial charge in [0.15, 0.2) is 0 Å². The summed E-state index contributed by atoms with van der Waals surface area (Å²) in [6.45, 7) is 5.07. The standard InChI is InChI=1S/C13H22N4O3/c1-4-6-10(14-7-5-2)8-11-12(17(18)19)13(20-3)16-9-15-11/h9-10,14H,4-8H2,1-3H3. The average Bonchev–Trinajstić information content (AvgIpc) is 2.44. The molecule has 20 heavy (non-hydrogen) atoms. The van der Waals surface area contributed by atoms with E-state index in [1.54, 1.807) is 0 Å². The number of aromatic nitrogens is 2. The highest BCUT2D eigenvalue weighted by molar-refractivity contribution is 5.44. The van der Waals surface area contributed by atoms with Crippen LogP contribution in [0.25, 0.3) is 0 Å². The third-order valence-corrected chi connectivity index (χ3v) is 3.00. The van der Waals surface area contributed by atoms with E-state index in [-0.39, 0.29) is 17.6 Å². The first-order valence-corrected chi connectivity index (χ1v) is 6.89. The van der Waals surface area contributed by atoms with E-state index in [4.69, 9.17) is 4.74 Å². The van der Waals surface area contributed by atoms with Crippen molar-refractivity contribution in [3.05, 3.63) is 22.1 Å². The molecule has 0 fully saturated rings. The summed E-state index contributed by atoms with van der Waals surface area (Å²) in [5.74, 6) is 0.0192. The van der Waals surface area contributed by atoms with E-state index in [0.717, 1.165) is 25.8 Å². The van der Waals surface area contributed by atoms with Crippen LogP contribution in [0, 0.1) is 10.1 Å². The number of hydrogen-bond donors (Lipinski definition) is 1. The van der Waals surface area contributed by atoms with Crippen LogP contribution >= 0.6 is 0 Å². The van der Waals surface area contributed by atoms with Crippen molar-refractivity contribution in [1.29, 1.82) is 0 Å². The first-order valence-electron chi connectivity index (χ1n) is 6.89. The van der Waals surface area contributed by atoms with Gasteiger partial charge in [-0.25, -0.2) is 4.98 Å². The molecule has 1 aromatic heterocycles. The zero-order valence-corrected chi connectivity index (χ0v) is 12.3. The second kappa shape index (κ2) is 8.42. The van der Waals surface area contributed by atoms with E-state index in [2.05, 4.69) is 29.1 Å². The molecule has 0 aliphatic heterocycles. The molecular weight excluding hydrogens is 260 g/mol. The van der Waals surface area contributed by atoms with Crippen LogP contribution in [0.5, 0.6) is 5.88 Å². The normalized spacial score (nSPS) is 12.2. The predicted octanol–water partition coefficient (Wildman–Crippen LogP) is 2.10. The first kappa shape index (κ1) is 16.3. The van der Waals surface area contributed by atoms with Gasteiger partial charge >= 0.3 is 5.69 Å². The maximum Gasteiger partial charge on any atom is 0.352 e. The van der Waals surface area contributed by atoms with Crippen LogP contribution in [0.3, 0.4) is 0 Å². The van der Waals surface area contributed by atoms with E-state index in [1.165, 1.54) is 13.4 Å². The van der Waals surface area contributed by atoms with Crippen LogP contribution in [-0.4, -0.2) is 34.6 Å². The molecule has 0 aliphatic carbocycles. The molecule has 0 spiro atoms. The lowest BCUT2D eigenvalue weighted by Crippen LogP contribution is -2.32. The highest BCUT2D eigenvalue weighted by Crippen LogP contribution is 2.27. The summed E-state index contributed by atoms with van der Waals surface area (Å²) >= 11 is 0. The third kappa shape index (κ3) is 4.41. The molecule has 112 valence electrons. The van der Waals surface area contributed by atoms with Gasteiger partial charge in [-0.2, -0.15) is 4.98 Å². The molecule has 0 amide bonds. The van der Waals surface area contributed by atoms with E-state index < -0.39 is 4.92 Å². The van der Waals surface area contributed by atoms with E-state index in [1.807, 2.05) is 0 Å². The van der Waals surface area contributed by atoms with Crippen molar-refractivity contribution in [1.82, 2.24) is 15.3 Å². The van der Waals surface area contributed by atoms with Gasteiger partial charge < -0.3 is 10.1 Å². The molecule has 0 radical (unpaired) electrons. The topological polar surface area (TPSA) is 90.2 Å². The fraction of sp³-hybridized carbons (Fsp3) is 0.692. The van der Waals surface area contributed by atoms with Crippen molar-refractivity contribution in [2.24, 2.45) is 0 Å². The maximum absolute atomic E-state index is 11.2. The van der Waals surface area contributed by atoms with Crippen molar-refractivity contribution < 1.29 is 9.66 Å². The number of hydrogen-bond acceptors (Lipinski definition) is 6. The lowest BCUT2D eigenvalue weighted by molar-refractivity contribution is -0.387. The highest BCUT2D eigenvalue weighted by atomic mass is 16.6. The summed E-state index contributed by atoms with van der Waals surface area (Å²) in [4.78, 5) is 18.6. The fourth-order valence-corrected chi connectivity index (χ4v) is 2.09. The van der Waals surface area contributed by atoms with Gasteiger partial charge in [-0.1, -0.05) is 20.3 Å². The van der Waals surface area contributed by atoms with Crippen LogP contribution in [0.1, 0.15) is 38.8 Å². The molecule has 7 nitrogen and oxygen atoms in total. The molecule has 0 aliphatic rings. The summed E-state index contributed by atoms with van der Waals surface area (Å²) in [7, 11) is 1.37. The van der Waals surface area contributed by atoms with Crippen molar-refractivity contribution in [2.45, 2.75) is 45.6 Å². The molecule has 0 bridgehead atoms. The number of ether oxygens (including phenoxy) is 1. The zero-order chi connectivity index (χ0) is 15.0. The van der Waals surface area contributed by atoms with Gasteiger partial charge in [0.05, 0.1) is 12.0 Å². The van der Waals surface area contributed by atoms with E-state index in [0.29, 0.717) is 12.1 Å². The van der Waals surface area contributed by atoms with Crippen molar-refractivity contribution in [3.63, 3.8) is 0 Å². The monoisotopic (exact) mass is 282 g/mol. The Morgan fingerprint density at radius 2 is 2.15 bits per heavy atom. The number of rotatable bonds is 9. The Morgan fingerprint density at radius 1 is 1.40 bits per heavy atom. The molecule has 7 heteroatoms. The molecular formula is C13H22N4O3. The Kier molecular flexibility index (Phi) is 6.86. The van der Waals surface area contributed by atoms with Gasteiger partial charge in [0.25, 0.3) is 5.88 Å². The van der Waals surface area contributed by atoms with Crippen LogP contribution < -0.4 is 10.1 Å². The van der Waals surface area contributed by atoms with Crippen LogP contribution in [-0.2, 0) is 6.42 Å². The second-order valence-corrected chi connectivity index (χ2v) is 4.58. The van der Waals surface area contributed by atoms with Crippen molar-refractivity contribution in [2.75, 3.05) is 13.7 Å². The summed E-state index contributed by atoms with van der Waals surface area (Å²) in [5, 5.41) is 14.6. The van der Waals surface area contributed by atoms with Crippen LogP contribution in [0.2, 0.25) is 0 Å². The molecule has 1 N–H and O–H groups in total. The van der Waals surface area contributed by atoms with Gasteiger partial charge in [-0.3, -0.25) is 10.1 Å². The lowest BCUT2D eigenvalue weighted by atomic mass is 10.0. The largest absolute Gasteiger partial charge is 0.476 e. The smallest absolute Gasteiger partial charge is 0.352 e. The van der Waals surface area contributed by atoms with Gasteiger partial charge in [0.1, 0.15) is 12.0 Å². The predicted molar refractivity (Wildman–Crippen MR) is 75.9 cm³/mol. The minimum atomic E-state index is -0.475. The van der Waals surface area contributed by atoms with E-state index in [9.17, 15) is 10.1 Å². The Morgan fingerprint density at radius 3 is 2.70 bits per heavy atom. The average molecular weight is 282 g/mol. The first-order chi connectivity index (χ1) is 9.63. The minimum absolute atomic E-state index is 0.0192. The molecule has 1 unspecified atom stereocenters. The summed E-state index contributed by atoms with van der Waals surface area (Å²) in [6, 6.07) is 0.179. The van der Waals surface area contributed by atoms with Gasteiger partial charge in [0.2, 0.25) is 0 Å². The highest BCUT2D eigenvalue weighted by Gasteiger charge is 2.25. The SMILES string of the molecule is CCCNC(CCC)Cc1ncnc(OC)c1[N+](=O)[O-]. The van der Waals surface area contributed by atoms with Crippen LogP contribution in [0.4, 0.5) is 5.69 Å². The number of nitro groups is 1. The molecule has 0 saturated carbocycles. The van der Waals surface area contributed by atoms with Crippen molar-refractivity contribution in [3.8, 4) is 5.88 Å². The van der Waals surface area contributed by atoms with Gasteiger partial charge in [-0.15, -0.1) is 0 Å². The molecule has 0 saturated heterocycles. The lowest BCUT2D eigenvalue weighted by Gasteiger charge is -2.17. The summed E-state index contributed by atoms with van der Waals surface area (Å²) < 4.78 is 4.96. The maximum atomic E-state index is 11.2. The third-order valence-electron chi connectivity index (χ3n) is 3.00. The Balaban J connectivity index is 2.96. The molecule has 1 aromatic rings. The van der Waals surface area contributed by atoms with Crippen molar-refractivity contribution >= 4 is 5.69 Å². The quantitative estimate of drug-likeness (QED) is 0.551. The Bertz CT molecular complexity index is 440. The number of methoxy groups -OCH3 is 1. The zero-order valence-electron chi connectivity index (χ0n) is 12.3. The van der Waals surface area contributed by atoms with E-state index >= 15 is 0 Å². The van der Waals surface area contributed by atoms with Gasteiger partial charge in [0, 0.05) is 12.5 Å². The molecule has 0 aromatic carbocycles. The second-order valence-electron chi connectivity index (χ2n) is 4.58. The fourth-order valence-electron chi connectivity index (χ4n) is 2.09. The van der Waals surface area contributed by atoms with Gasteiger partial charge in [-0.05, 0) is 19.4 Å². The number of nitrogens with one attached hydrogen (secondary N) is 1. The number of nitrogens with zero attached hydrogens (tertiary/aromatic N) is 3. The Hall–Kier alpha value is -1.76. The molecule has 1 rings (SSSR count). The summed E-state index contributed by atoms with van der Waals surface area (Å²) in [5.41, 5.74) is 0.290. The molecule has 1 heterocycles. The minimum Gasteiger partial charge on any atom is -0.476 e. The molecule has 1 atom stereocenters. The Labute approximate surface area is 118 Å².